The Morgan fingerprint density at radius 1 is 1.32 bits per heavy atom. The van der Waals surface area contributed by atoms with Gasteiger partial charge in [-0.05, 0) is 48.6 Å². The SMILES string of the molecule is COc1ccc(CN2CCNC(=O)[C@H]2CC(=O)N(C)CCc2cnn(C)c2)c(C)c1C. The molecule has 3 rings (SSSR count). The summed E-state index contributed by atoms with van der Waals surface area (Å²) >= 11 is 0. The van der Waals surface area contributed by atoms with E-state index in [0.717, 1.165) is 34.4 Å². The van der Waals surface area contributed by atoms with Crippen molar-refractivity contribution in [2.24, 2.45) is 7.05 Å². The number of carbonyl (C=O) groups is 2. The molecule has 2 aromatic rings. The van der Waals surface area contributed by atoms with Crippen LogP contribution in [-0.2, 0) is 29.6 Å². The van der Waals surface area contributed by atoms with E-state index in [1.165, 1.54) is 0 Å². The van der Waals surface area contributed by atoms with Gasteiger partial charge in [0.15, 0.2) is 0 Å². The molecule has 8 nitrogen and oxygen atoms in total. The van der Waals surface area contributed by atoms with Gasteiger partial charge in [-0.25, -0.2) is 0 Å². The van der Waals surface area contributed by atoms with Crippen LogP contribution in [0.2, 0.25) is 0 Å². The smallest absolute Gasteiger partial charge is 0.237 e. The van der Waals surface area contributed by atoms with E-state index in [4.69, 9.17) is 4.74 Å². The number of piperazine rings is 1. The first-order valence-electron chi connectivity index (χ1n) is 10.7. The molecule has 0 aliphatic carbocycles. The number of aromatic nitrogens is 2. The Hall–Kier alpha value is -2.87. The average molecular weight is 428 g/mol. The molecule has 0 spiro atoms. The molecule has 1 aliphatic rings. The number of amides is 2. The van der Waals surface area contributed by atoms with Gasteiger partial charge in [-0.2, -0.15) is 5.10 Å². The fourth-order valence-corrected chi connectivity index (χ4v) is 3.98. The lowest BCUT2D eigenvalue weighted by Gasteiger charge is -2.36. The van der Waals surface area contributed by atoms with Crippen LogP contribution in [0, 0.1) is 13.8 Å². The second-order valence-electron chi connectivity index (χ2n) is 8.25. The summed E-state index contributed by atoms with van der Waals surface area (Å²) in [7, 11) is 5.34. The van der Waals surface area contributed by atoms with Gasteiger partial charge in [0.05, 0.1) is 25.8 Å². The minimum absolute atomic E-state index is 0.0291. The second-order valence-corrected chi connectivity index (χ2v) is 8.25. The Bertz CT molecular complexity index is 939. The predicted molar refractivity (Wildman–Crippen MR) is 119 cm³/mol. The van der Waals surface area contributed by atoms with E-state index in [0.29, 0.717) is 26.2 Å². The molecule has 0 unspecified atom stereocenters. The van der Waals surface area contributed by atoms with Gasteiger partial charge in [0.2, 0.25) is 11.8 Å². The maximum atomic E-state index is 12.9. The highest BCUT2D eigenvalue weighted by Crippen LogP contribution is 2.26. The van der Waals surface area contributed by atoms with E-state index in [9.17, 15) is 9.59 Å². The predicted octanol–water partition coefficient (Wildman–Crippen LogP) is 1.44. The van der Waals surface area contributed by atoms with Gasteiger partial charge in [-0.1, -0.05) is 6.07 Å². The molecule has 0 radical (unpaired) electrons. The number of nitrogens with one attached hydrogen (secondary N) is 1. The molecular formula is C23H33N5O3. The van der Waals surface area contributed by atoms with Crippen molar-refractivity contribution in [3.05, 3.63) is 46.8 Å². The van der Waals surface area contributed by atoms with Crippen molar-refractivity contribution in [3.63, 3.8) is 0 Å². The van der Waals surface area contributed by atoms with Crippen LogP contribution in [0.25, 0.3) is 0 Å². The van der Waals surface area contributed by atoms with E-state index in [2.05, 4.69) is 22.2 Å². The van der Waals surface area contributed by atoms with Crippen LogP contribution >= 0.6 is 0 Å². The van der Waals surface area contributed by atoms with Crippen LogP contribution in [0.1, 0.15) is 28.7 Å². The number of likely N-dealkylation sites (N-methyl/N-ethyl adjacent to an activating group) is 1. The Labute approximate surface area is 184 Å². The highest BCUT2D eigenvalue weighted by Gasteiger charge is 2.32. The summed E-state index contributed by atoms with van der Waals surface area (Å²) in [4.78, 5) is 29.3. The van der Waals surface area contributed by atoms with Crippen molar-refractivity contribution < 1.29 is 14.3 Å². The molecule has 8 heteroatoms. The van der Waals surface area contributed by atoms with Crippen LogP contribution in [0.5, 0.6) is 5.75 Å². The molecule has 1 N–H and O–H groups in total. The normalized spacial score (nSPS) is 16.8. The third-order valence-electron chi connectivity index (χ3n) is 6.17. The number of benzene rings is 1. The van der Waals surface area contributed by atoms with Gasteiger partial charge in [0, 0.05) is 46.5 Å². The molecule has 1 aromatic carbocycles. The molecule has 1 saturated heterocycles. The highest BCUT2D eigenvalue weighted by molar-refractivity contribution is 5.88. The Morgan fingerprint density at radius 3 is 2.77 bits per heavy atom. The standard InChI is InChI=1S/C23H33N5O3/c1-16-17(2)21(31-5)7-6-19(16)15-28-11-9-24-23(30)20(28)12-22(29)26(3)10-8-18-13-25-27(4)14-18/h6-7,13-14,20H,8-12,15H2,1-5H3,(H,24,30)/t20-/m1/s1. The molecule has 1 aromatic heterocycles. The van der Waals surface area contributed by atoms with Gasteiger partial charge >= 0.3 is 0 Å². The molecule has 0 saturated carbocycles. The minimum Gasteiger partial charge on any atom is -0.496 e. The molecule has 2 heterocycles. The molecule has 2 amide bonds. The zero-order valence-electron chi connectivity index (χ0n) is 19.1. The van der Waals surface area contributed by atoms with Gasteiger partial charge in [-0.3, -0.25) is 19.2 Å². The van der Waals surface area contributed by atoms with E-state index in [1.54, 1.807) is 23.7 Å². The Kier molecular flexibility index (Phi) is 7.33. The van der Waals surface area contributed by atoms with E-state index >= 15 is 0 Å². The van der Waals surface area contributed by atoms with Crippen molar-refractivity contribution in [1.82, 2.24) is 24.9 Å². The van der Waals surface area contributed by atoms with Crippen molar-refractivity contribution in [3.8, 4) is 5.75 Å². The molecule has 168 valence electrons. The number of ether oxygens (including phenoxy) is 1. The number of hydrogen-bond donors (Lipinski definition) is 1. The summed E-state index contributed by atoms with van der Waals surface area (Å²) in [5.74, 6) is 0.751. The number of methoxy groups -OCH3 is 1. The van der Waals surface area contributed by atoms with Crippen LogP contribution in [0.15, 0.2) is 24.5 Å². The topological polar surface area (TPSA) is 79.7 Å². The lowest BCUT2D eigenvalue weighted by Crippen LogP contribution is -2.56. The highest BCUT2D eigenvalue weighted by atomic mass is 16.5. The lowest BCUT2D eigenvalue weighted by atomic mass is 10.00. The maximum Gasteiger partial charge on any atom is 0.237 e. The number of rotatable bonds is 8. The maximum absolute atomic E-state index is 12.9. The molecule has 31 heavy (non-hydrogen) atoms. The molecule has 1 atom stereocenters. The lowest BCUT2D eigenvalue weighted by molar-refractivity contribution is -0.138. The van der Waals surface area contributed by atoms with Crippen molar-refractivity contribution in [1.29, 1.82) is 0 Å². The zero-order valence-corrected chi connectivity index (χ0v) is 19.1. The van der Waals surface area contributed by atoms with E-state index in [1.807, 2.05) is 38.5 Å². The van der Waals surface area contributed by atoms with Gasteiger partial charge < -0.3 is 15.0 Å². The summed E-state index contributed by atoms with van der Waals surface area (Å²) in [6.45, 7) is 6.64. The summed E-state index contributed by atoms with van der Waals surface area (Å²) in [5, 5.41) is 7.08. The van der Waals surface area contributed by atoms with Gasteiger partial charge in [-0.15, -0.1) is 0 Å². The van der Waals surface area contributed by atoms with Crippen LogP contribution in [0.3, 0.4) is 0 Å². The quantitative estimate of drug-likeness (QED) is 0.690. The summed E-state index contributed by atoms with van der Waals surface area (Å²) in [5.41, 5.74) is 4.49. The average Bonchev–Trinajstić information content (AvgIpc) is 3.17. The van der Waals surface area contributed by atoms with E-state index < -0.39 is 6.04 Å². The van der Waals surface area contributed by atoms with Gasteiger partial charge in [0.25, 0.3) is 0 Å². The molecular weight excluding hydrogens is 394 g/mol. The Morgan fingerprint density at radius 2 is 2.10 bits per heavy atom. The largest absolute Gasteiger partial charge is 0.496 e. The third-order valence-corrected chi connectivity index (χ3v) is 6.17. The summed E-state index contributed by atoms with van der Waals surface area (Å²) in [6.07, 6.45) is 4.67. The third kappa shape index (κ3) is 5.44. The molecule has 1 fully saturated rings. The van der Waals surface area contributed by atoms with Crippen LogP contribution in [-0.4, -0.2) is 71.2 Å². The van der Waals surface area contributed by atoms with Crippen molar-refractivity contribution in [2.75, 3.05) is 33.8 Å². The molecule has 0 bridgehead atoms. The first kappa shape index (κ1) is 22.8. The summed E-state index contributed by atoms with van der Waals surface area (Å²) < 4.78 is 7.17. The monoisotopic (exact) mass is 427 g/mol. The number of carbonyl (C=O) groups excluding carboxylic acids is 2. The number of aryl methyl sites for hydroxylation is 1. The number of hydrogen-bond acceptors (Lipinski definition) is 5. The zero-order chi connectivity index (χ0) is 22.5. The first-order chi connectivity index (χ1) is 14.8. The van der Waals surface area contributed by atoms with Crippen LogP contribution < -0.4 is 10.1 Å². The summed E-state index contributed by atoms with van der Waals surface area (Å²) in [6, 6.07) is 3.55. The molecule has 1 aliphatic heterocycles. The van der Waals surface area contributed by atoms with Crippen molar-refractivity contribution >= 4 is 11.8 Å². The Balaban J connectivity index is 1.65. The minimum atomic E-state index is -0.469. The van der Waals surface area contributed by atoms with Crippen molar-refractivity contribution in [2.45, 2.75) is 39.3 Å². The van der Waals surface area contributed by atoms with Gasteiger partial charge in [0.1, 0.15) is 5.75 Å². The fraction of sp³-hybridized carbons (Fsp3) is 0.522. The fourth-order valence-electron chi connectivity index (χ4n) is 3.98. The van der Waals surface area contributed by atoms with E-state index in [-0.39, 0.29) is 18.2 Å². The first-order valence-corrected chi connectivity index (χ1v) is 10.7. The number of nitrogens with zero attached hydrogens (tertiary/aromatic N) is 4. The second kappa shape index (κ2) is 9.96. The van der Waals surface area contributed by atoms with Crippen LogP contribution in [0.4, 0.5) is 0 Å².